The molecule has 0 radical (unpaired) electrons. The van der Waals surface area contributed by atoms with Crippen LogP contribution in [0, 0.1) is 20.8 Å². The smallest absolute Gasteiger partial charge is 0.210 e. The zero-order valence-electron chi connectivity index (χ0n) is 11.1. The first-order valence-corrected chi connectivity index (χ1v) is 6.29. The van der Waals surface area contributed by atoms with E-state index in [0.717, 1.165) is 16.9 Å². The van der Waals surface area contributed by atoms with Gasteiger partial charge in [-0.05, 0) is 32.4 Å². The monoisotopic (exact) mass is 273 g/mol. The van der Waals surface area contributed by atoms with Crippen molar-refractivity contribution < 1.29 is 0 Å². The molecular formula is C14H15N3OS. The van der Waals surface area contributed by atoms with Crippen molar-refractivity contribution in [2.24, 2.45) is 5.73 Å². The first kappa shape index (κ1) is 13.4. The second-order valence-corrected chi connectivity index (χ2v) is 5.00. The van der Waals surface area contributed by atoms with Crippen LogP contribution in [-0.4, -0.2) is 14.8 Å². The Bertz CT molecular complexity index is 719. The Hall–Kier alpha value is -2.01. The molecule has 0 aliphatic rings. The van der Waals surface area contributed by atoms with Crippen molar-refractivity contribution in [2.75, 3.05) is 0 Å². The maximum absolute atomic E-state index is 11.8. The van der Waals surface area contributed by atoms with E-state index >= 15 is 0 Å². The summed E-state index contributed by atoms with van der Waals surface area (Å²) in [5.41, 5.74) is 9.33. The predicted molar refractivity (Wildman–Crippen MR) is 79.9 cm³/mol. The molecule has 0 saturated heterocycles. The van der Waals surface area contributed by atoms with E-state index in [2.05, 4.69) is 11.2 Å². The number of nitrogens with zero attached hydrogens (tertiary/aromatic N) is 2. The van der Waals surface area contributed by atoms with Gasteiger partial charge in [0.25, 0.3) is 0 Å². The summed E-state index contributed by atoms with van der Waals surface area (Å²) in [6.45, 7) is 5.86. The Balaban J connectivity index is 2.71. The van der Waals surface area contributed by atoms with Gasteiger partial charge in [-0.1, -0.05) is 29.9 Å². The third kappa shape index (κ3) is 2.56. The van der Waals surface area contributed by atoms with E-state index in [4.69, 9.17) is 18.0 Å². The number of benzene rings is 1. The average Bonchev–Trinajstić information content (AvgIpc) is 2.30. The molecular weight excluding hydrogens is 258 g/mol. The second kappa shape index (κ2) is 4.93. The predicted octanol–water partition coefficient (Wildman–Crippen LogP) is 1.79. The molecule has 0 aliphatic carbocycles. The van der Waals surface area contributed by atoms with Crippen LogP contribution in [0.1, 0.15) is 22.5 Å². The van der Waals surface area contributed by atoms with Gasteiger partial charge in [-0.2, -0.15) is 5.10 Å². The molecule has 2 rings (SSSR count). The van der Waals surface area contributed by atoms with Crippen LogP contribution in [0.5, 0.6) is 0 Å². The molecule has 4 nitrogen and oxygen atoms in total. The first-order valence-electron chi connectivity index (χ1n) is 5.88. The maximum Gasteiger partial charge on any atom is 0.210 e. The van der Waals surface area contributed by atoms with Crippen molar-refractivity contribution >= 4 is 17.2 Å². The lowest BCUT2D eigenvalue weighted by Gasteiger charge is -2.13. The summed E-state index contributed by atoms with van der Waals surface area (Å²) in [5.74, 6) is 0. The van der Waals surface area contributed by atoms with E-state index in [-0.39, 0.29) is 16.1 Å². The second-order valence-electron chi connectivity index (χ2n) is 4.56. The Labute approximate surface area is 116 Å². The number of hydrogen-bond acceptors (Lipinski definition) is 3. The molecule has 2 N–H and O–H groups in total. The van der Waals surface area contributed by atoms with Gasteiger partial charge >= 0.3 is 0 Å². The maximum atomic E-state index is 11.8. The van der Waals surface area contributed by atoms with Crippen LogP contribution in [0.2, 0.25) is 0 Å². The van der Waals surface area contributed by atoms with Crippen LogP contribution >= 0.6 is 12.2 Å². The molecule has 1 aromatic carbocycles. The highest BCUT2D eigenvalue weighted by Crippen LogP contribution is 2.15. The molecule has 0 fully saturated rings. The van der Waals surface area contributed by atoms with Crippen molar-refractivity contribution in [1.82, 2.24) is 9.78 Å². The molecule has 0 atom stereocenters. The van der Waals surface area contributed by atoms with E-state index in [1.807, 2.05) is 32.9 Å². The number of nitrogens with two attached hydrogens (primary N) is 1. The summed E-state index contributed by atoms with van der Waals surface area (Å²) < 4.78 is 1.70. The van der Waals surface area contributed by atoms with Crippen LogP contribution in [0.3, 0.4) is 0 Å². The summed E-state index contributed by atoms with van der Waals surface area (Å²) >= 11 is 4.86. The summed E-state index contributed by atoms with van der Waals surface area (Å²) in [5, 5.41) is 4.27. The molecule has 98 valence electrons. The van der Waals surface area contributed by atoms with Crippen molar-refractivity contribution in [3.63, 3.8) is 0 Å². The standard InChI is InChI=1S/C14H15N3OS/c1-8-4-5-11(9(2)6-8)17-10(3)7-12(18)13(16-17)14(15)19/h4-7H,1-3H3,(H2,15,19). The Kier molecular flexibility index (Phi) is 3.48. The summed E-state index contributed by atoms with van der Waals surface area (Å²) in [6, 6.07) is 7.54. The number of thiocarbonyl (C=S) groups is 1. The number of aromatic nitrogens is 2. The van der Waals surface area contributed by atoms with Crippen LogP contribution in [0.4, 0.5) is 0 Å². The number of hydrogen-bond donors (Lipinski definition) is 1. The average molecular weight is 273 g/mol. The zero-order chi connectivity index (χ0) is 14.2. The summed E-state index contributed by atoms with van der Waals surface area (Å²) in [4.78, 5) is 11.8. The molecule has 1 heterocycles. The minimum atomic E-state index is -0.244. The molecule has 0 aliphatic heterocycles. The van der Waals surface area contributed by atoms with E-state index in [1.54, 1.807) is 4.68 Å². The van der Waals surface area contributed by atoms with E-state index in [9.17, 15) is 4.79 Å². The van der Waals surface area contributed by atoms with Gasteiger partial charge in [-0.15, -0.1) is 0 Å². The van der Waals surface area contributed by atoms with E-state index in [1.165, 1.54) is 11.6 Å². The minimum Gasteiger partial charge on any atom is -0.388 e. The van der Waals surface area contributed by atoms with Crippen molar-refractivity contribution in [2.45, 2.75) is 20.8 Å². The van der Waals surface area contributed by atoms with Gasteiger partial charge in [-0.3, -0.25) is 4.79 Å². The fourth-order valence-electron chi connectivity index (χ4n) is 2.00. The van der Waals surface area contributed by atoms with Gasteiger partial charge in [0.1, 0.15) is 4.99 Å². The highest BCUT2D eigenvalue weighted by Gasteiger charge is 2.11. The molecule has 0 spiro atoms. The van der Waals surface area contributed by atoms with E-state index < -0.39 is 0 Å². The van der Waals surface area contributed by atoms with Crippen LogP contribution in [0.25, 0.3) is 5.69 Å². The summed E-state index contributed by atoms with van der Waals surface area (Å²) in [7, 11) is 0. The molecule has 0 amide bonds. The molecule has 1 aromatic heterocycles. The lowest BCUT2D eigenvalue weighted by molar-refractivity contribution is 0.788. The minimum absolute atomic E-state index is 0.0171. The van der Waals surface area contributed by atoms with E-state index in [0.29, 0.717) is 0 Å². The molecule has 19 heavy (non-hydrogen) atoms. The Morgan fingerprint density at radius 1 is 1.26 bits per heavy atom. The largest absolute Gasteiger partial charge is 0.388 e. The lowest BCUT2D eigenvalue weighted by atomic mass is 10.1. The highest BCUT2D eigenvalue weighted by molar-refractivity contribution is 7.80. The van der Waals surface area contributed by atoms with Gasteiger partial charge in [0.15, 0.2) is 5.69 Å². The van der Waals surface area contributed by atoms with Crippen LogP contribution < -0.4 is 11.2 Å². The Morgan fingerprint density at radius 3 is 2.53 bits per heavy atom. The third-order valence-electron chi connectivity index (χ3n) is 2.92. The molecule has 0 bridgehead atoms. The lowest BCUT2D eigenvalue weighted by Crippen LogP contribution is -2.26. The third-order valence-corrected chi connectivity index (χ3v) is 3.11. The Morgan fingerprint density at radius 2 is 1.95 bits per heavy atom. The van der Waals surface area contributed by atoms with Gasteiger partial charge in [0, 0.05) is 11.8 Å². The normalized spacial score (nSPS) is 10.5. The molecule has 2 aromatic rings. The topological polar surface area (TPSA) is 60.9 Å². The SMILES string of the molecule is Cc1ccc(-n2nc(C(N)=S)c(=O)cc2C)c(C)c1. The first-order chi connectivity index (χ1) is 8.90. The summed E-state index contributed by atoms with van der Waals surface area (Å²) in [6.07, 6.45) is 0. The van der Waals surface area contributed by atoms with Gasteiger partial charge < -0.3 is 5.73 Å². The van der Waals surface area contributed by atoms with Crippen molar-refractivity contribution in [1.29, 1.82) is 0 Å². The quantitative estimate of drug-likeness (QED) is 0.847. The van der Waals surface area contributed by atoms with Crippen molar-refractivity contribution in [3.8, 4) is 5.69 Å². The van der Waals surface area contributed by atoms with Crippen LogP contribution in [-0.2, 0) is 0 Å². The van der Waals surface area contributed by atoms with Gasteiger partial charge in [0.05, 0.1) is 5.69 Å². The highest BCUT2D eigenvalue weighted by atomic mass is 32.1. The van der Waals surface area contributed by atoms with Gasteiger partial charge in [-0.25, -0.2) is 4.68 Å². The number of rotatable bonds is 2. The zero-order valence-corrected chi connectivity index (χ0v) is 11.9. The van der Waals surface area contributed by atoms with Crippen LogP contribution in [0.15, 0.2) is 29.1 Å². The fraction of sp³-hybridized carbons (Fsp3) is 0.214. The molecule has 0 unspecified atom stereocenters. The fourth-order valence-corrected chi connectivity index (χ4v) is 2.15. The van der Waals surface area contributed by atoms with Gasteiger partial charge in [0.2, 0.25) is 5.43 Å². The molecule has 5 heteroatoms. The van der Waals surface area contributed by atoms with Crippen molar-refractivity contribution in [3.05, 3.63) is 57.0 Å². The molecule has 0 saturated carbocycles. The number of aryl methyl sites for hydroxylation is 3.